The fraction of sp³-hybridized carbons (Fsp3) is 1.00. The number of hydrogen-bond acceptors (Lipinski definition) is 2. The van der Waals surface area contributed by atoms with Crippen LogP contribution in [0, 0.1) is 11.8 Å². The highest BCUT2D eigenvalue weighted by molar-refractivity contribution is 6.94. The van der Waals surface area contributed by atoms with E-state index >= 15 is 0 Å². The molecular formula is C21H43ClMgO2. The van der Waals surface area contributed by atoms with Gasteiger partial charge >= 0.3 is 19.3 Å². The Morgan fingerprint density at radius 3 is 2.00 bits per heavy atom. The molecule has 0 aromatic rings. The van der Waals surface area contributed by atoms with Gasteiger partial charge in [-0.15, -0.1) is 4.05 Å². The molecular weight excluding hydrogens is 344 g/mol. The molecule has 0 aliphatic carbocycles. The van der Waals surface area contributed by atoms with Crippen LogP contribution in [0.1, 0.15) is 98.3 Å². The first-order chi connectivity index (χ1) is 12.1. The molecule has 4 heteroatoms. The van der Waals surface area contributed by atoms with Crippen LogP contribution in [0.4, 0.5) is 0 Å². The van der Waals surface area contributed by atoms with E-state index in [2.05, 4.69) is 27.7 Å². The molecule has 0 radical (unpaired) electrons. The summed E-state index contributed by atoms with van der Waals surface area (Å²) >= 11 is -0.339. The molecule has 0 aromatic carbocycles. The van der Waals surface area contributed by atoms with Gasteiger partial charge in [-0.05, 0) is 37.5 Å². The van der Waals surface area contributed by atoms with Gasteiger partial charge in [0.2, 0.25) is 0 Å². The molecule has 0 spiro atoms. The van der Waals surface area contributed by atoms with Crippen molar-refractivity contribution in [1.29, 1.82) is 0 Å². The molecule has 0 aromatic heterocycles. The average molecular weight is 387 g/mol. The quantitative estimate of drug-likeness (QED) is 0.132. The summed E-state index contributed by atoms with van der Waals surface area (Å²) in [5.41, 5.74) is 0. The molecule has 25 heavy (non-hydrogen) atoms. The number of unbranched alkanes of at least 4 members (excludes halogenated alkanes) is 6. The van der Waals surface area contributed by atoms with Crippen molar-refractivity contribution in [3.63, 3.8) is 0 Å². The summed E-state index contributed by atoms with van der Waals surface area (Å²) in [6, 6.07) is 0. The van der Waals surface area contributed by atoms with Crippen molar-refractivity contribution in [2.75, 3.05) is 20.0 Å². The standard InChI is InChI=1S/C21H43O2.ClH.Mg/c1-5-7-8-9-10-11-12-16-22-19-23-17-13-15-21(4)18-20(3)14-6-2;;/h6,20-21H,5,7-19H2,1-4H3;1H;/q;;+1/p-1. The van der Waals surface area contributed by atoms with E-state index in [1.54, 1.807) is 0 Å². The molecule has 0 rings (SSSR count). The highest BCUT2D eigenvalue weighted by Gasteiger charge is 2.13. The molecule has 0 N–H and O–H groups in total. The molecule has 3 unspecified atom stereocenters. The van der Waals surface area contributed by atoms with Crippen molar-refractivity contribution in [2.24, 2.45) is 11.8 Å². The number of halogens is 1. The molecule has 0 saturated heterocycles. The van der Waals surface area contributed by atoms with E-state index in [0.717, 1.165) is 35.5 Å². The third-order valence-corrected chi connectivity index (χ3v) is 7.36. The Balaban J connectivity index is 3.27. The second kappa shape index (κ2) is 19.7. The summed E-state index contributed by atoms with van der Waals surface area (Å²) in [5, 5.41) is 0. The maximum absolute atomic E-state index is 6.04. The number of hydrogen-bond donors (Lipinski definition) is 0. The van der Waals surface area contributed by atoms with Gasteiger partial charge in [0.1, 0.15) is 6.79 Å². The van der Waals surface area contributed by atoms with Crippen LogP contribution in [0.2, 0.25) is 4.05 Å². The maximum Gasteiger partial charge on any atom is 0.504 e. The van der Waals surface area contributed by atoms with Gasteiger partial charge in [0, 0.05) is 13.2 Å². The lowest BCUT2D eigenvalue weighted by molar-refractivity contribution is -0.0561. The zero-order valence-corrected chi connectivity index (χ0v) is 19.7. The molecule has 0 amide bonds. The average Bonchev–Trinajstić information content (AvgIpc) is 2.58. The van der Waals surface area contributed by atoms with Crippen LogP contribution < -0.4 is 0 Å². The first-order valence-electron chi connectivity index (χ1n) is 10.8. The molecule has 0 aliphatic heterocycles. The largest absolute Gasteiger partial charge is 0.504 e. The summed E-state index contributed by atoms with van der Waals surface area (Å²) in [5.74, 6) is 1.60. The Kier molecular flexibility index (Phi) is 20.5. The first-order valence-corrected chi connectivity index (χ1v) is 13.8. The summed E-state index contributed by atoms with van der Waals surface area (Å²) < 4.78 is 11.9. The molecule has 2 nitrogen and oxygen atoms in total. The fourth-order valence-electron chi connectivity index (χ4n) is 3.52. The lowest BCUT2D eigenvalue weighted by Crippen LogP contribution is -2.08. The van der Waals surface area contributed by atoms with Crippen LogP contribution in [0.15, 0.2) is 0 Å². The van der Waals surface area contributed by atoms with E-state index in [4.69, 9.17) is 18.5 Å². The minimum Gasteiger partial charge on any atom is -0.355 e. The summed E-state index contributed by atoms with van der Waals surface area (Å²) in [6.07, 6.45) is 14.4. The number of rotatable bonds is 19. The number of ether oxygens (including phenoxy) is 2. The van der Waals surface area contributed by atoms with Gasteiger partial charge in [0.15, 0.2) is 0 Å². The van der Waals surface area contributed by atoms with Crippen LogP contribution in [0.25, 0.3) is 0 Å². The van der Waals surface area contributed by atoms with Crippen LogP contribution in [-0.2, 0) is 9.47 Å². The Bertz CT molecular complexity index is 266. The highest BCUT2D eigenvalue weighted by Crippen LogP contribution is 2.24. The van der Waals surface area contributed by atoms with E-state index in [0.29, 0.717) is 6.79 Å². The molecule has 0 aliphatic rings. The zero-order chi connectivity index (χ0) is 18.8. The van der Waals surface area contributed by atoms with Crippen LogP contribution >= 0.6 is 9.07 Å². The normalized spacial score (nSPS) is 14.9. The van der Waals surface area contributed by atoms with Gasteiger partial charge in [0.25, 0.3) is 0 Å². The van der Waals surface area contributed by atoms with E-state index < -0.39 is 0 Å². The van der Waals surface area contributed by atoms with Gasteiger partial charge in [-0.3, -0.25) is 0 Å². The van der Waals surface area contributed by atoms with Gasteiger partial charge in [-0.1, -0.05) is 72.6 Å². The monoisotopic (exact) mass is 386 g/mol. The van der Waals surface area contributed by atoms with Gasteiger partial charge in [0.05, 0.1) is 0 Å². The Hall–Kier alpha value is 0.976. The van der Waals surface area contributed by atoms with Crippen molar-refractivity contribution in [3.05, 3.63) is 0 Å². The maximum atomic E-state index is 6.04. The van der Waals surface area contributed by atoms with Crippen molar-refractivity contribution in [2.45, 2.75) is 102 Å². The lowest BCUT2D eigenvalue weighted by atomic mass is 9.91. The van der Waals surface area contributed by atoms with E-state index in [1.807, 2.05) is 0 Å². The van der Waals surface area contributed by atoms with E-state index in [1.165, 1.54) is 64.2 Å². The van der Waals surface area contributed by atoms with Crippen LogP contribution in [0.3, 0.4) is 0 Å². The Labute approximate surface area is 171 Å². The second-order valence-corrected chi connectivity index (χ2v) is 10.8. The van der Waals surface area contributed by atoms with Crippen molar-refractivity contribution in [3.8, 4) is 0 Å². The Morgan fingerprint density at radius 2 is 1.36 bits per heavy atom. The second-order valence-electron chi connectivity index (χ2n) is 8.14. The minimum absolute atomic E-state index is 0.339. The van der Waals surface area contributed by atoms with Gasteiger partial charge in [-0.25, -0.2) is 0 Å². The van der Waals surface area contributed by atoms with E-state index in [-0.39, 0.29) is 19.3 Å². The van der Waals surface area contributed by atoms with Crippen molar-refractivity contribution in [1.82, 2.24) is 0 Å². The first kappa shape index (κ1) is 26.0. The van der Waals surface area contributed by atoms with Gasteiger partial charge in [-0.2, -0.15) is 0 Å². The van der Waals surface area contributed by atoms with Crippen LogP contribution in [0.5, 0.6) is 0 Å². The molecule has 0 bridgehead atoms. The lowest BCUT2D eigenvalue weighted by Gasteiger charge is -2.19. The molecule has 0 heterocycles. The minimum atomic E-state index is -0.339. The summed E-state index contributed by atoms with van der Waals surface area (Å²) in [6.45, 7) is 11.5. The van der Waals surface area contributed by atoms with Crippen molar-refractivity contribution >= 4 is 28.3 Å². The SMILES string of the molecule is CCCCCCCCCOCOCCCC(C)CC(C)C[CH](C)[Mg][Cl]. The predicted molar refractivity (Wildman–Crippen MR) is 113 cm³/mol. The van der Waals surface area contributed by atoms with Crippen molar-refractivity contribution < 1.29 is 9.47 Å². The smallest absolute Gasteiger partial charge is 0.355 e. The molecule has 0 fully saturated rings. The molecule has 148 valence electrons. The molecule has 3 atom stereocenters. The van der Waals surface area contributed by atoms with Crippen LogP contribution in [-0.4, -0.2) is 39.3 Å². The highest BCUT2D eigenvalue weighted by atomic mass is 35.5. The van der Waals surface area contributed by atoms with E-state index in [9.17, 15) is 0 Å². The van der Waals surface area contributed by atoms with Gasteiger partial charge < -0.3 is 18.5 Å². The predicted octanol–water partition coefficient (Wildman–Crippen LogP) is 7.23. The molecule has 0 saturated carbocycles. The Morgan fingerprint density at radius 1 is 0.760 bits per heavy atom. The third-order valence-electron chi connectivity index (χ3n) is 4.92. The topological polar surface area (TPSA) is 18.5 Å². The third kappa shape index (κ3) is 19.5. The summed E-state index contributed by atoms with van der Waals surface area (Å²) in [7, 11) is 6.04. The fourth-order valence-corrected chi connectivity index (χ4v) is 4.60. The summed E-state index contributed by atoms with van der Waals surface area (Å²) in [4.78, 5) is 0. The zero-order valence-electron chi connectivity index (χ0n) is 17.5.